The van der Waals surface area contributed by atoms with Gasteiger partial charge < -0.3 is 15.7 Å². The summed E-state index contributed by atoms with van der Waals surface area (Å²) in [6, 6.07) is -0.341. The third-order valence-corrected chi connectivity index (χ3v) is 3.33. The Morgan fingerprint density at radius 3 is 2.56 bits per heavy atom. The molecule has 3 N–H and O–H groups in total. The predicted octanol–water partition coefficient (Wildman–Crippen LogP) is 1.93. The van der Waals surface area contributed by atoms with Crippen molar-refractivity contribution in [3.63, 3.8) is 0 Å². The van der Waals surface area contributed by atoms with Crippen LogP contribution in [0.3, 0.4) is 0 Å². The quantitative estimate of drug-likeness (QED) is 0.717. The molecule has 5 nitrogen and oxygen atoms in total. The molecule has 6 heteroatoms. The van der Waals surface area contributed by atoms with Crippen LogP contribution in [0.5, 0.6) is 0 Å². The fourth-order valence-electron chi connectivity index (χ4n) is 2.24. The Kier molecular flexibility index (Phi) is 5.98. The molecule has 1 rings (SSSR count). The molecule has 0 aromatic rings. The summed E-state index contributed by atoms with van der Waals surface area (Å²) in [5.41, 5.74) is 0. The van der Waals surface area contributed by atoms with Crippen molar-refractivity contribution in [2.45, 2.75) is 25.7 Å². The number of amides is 2. The monoisotopic (exact) mass is 274 g/mol. The van der Waals surface area contributed by atoms with Gasteiger partial charge in [-0.3, -0.25) is 4.79 Å². The van der Waals surface area contributed by atoms with Crippen LogP contribution in [0.15, 0.2) is 11.6 Å². The van der Waals surface area contributed by atoms with E-state index in [1.54, 1.807) is 0 Å². The first kappa shape index (κ1) is 14.8. The maximum absolute atomic E-state index is 11.4. The van der Waals surface area contributed by atoms with E-state index >= 15 is 0 Å². The Labute approximate surface area is 112 Å². The van der Waals surface area contributed by atoms with Gasteiger partial charge in [0.15, 0.2) is 0 Å². The summed E-state index contributed by atoms with van der Waals surface area (Å²) in [7, 11) is 0. The van der Waals surface area contributed by atoms with E-state index in [2.05, 4.69) is 17.2 Å². The van der Waals surface area contributed by atoms with Crippen LogP contribution in [0.4, 0.5) is 4.79 Å². The Morgan fingerprint density at radius 1 is 1.28 bits per heavy atom. The van der Waals surface area contributed by atoms with Crippen LogP contribution in [0, 0.1) is 11.8 Å². The molecule has 0 radical (unpaired) electrons. The van der Waals surface area contributed by atoms with E-state index in [4.69, 9.17) is 16.7 Å². The summed E-state index contributed by atoms with van der Waals surface area (Å²) in [5, 5.41) is 14.7. The molecule has 2 atom stereocenters. The first-order chi connectivity index (χ1) is 8.50. The Balaban J connectivity index is 2.34. The van der Waals surface area contributed by atoms with Crippen molar-refractivity contribution in [2.24, 2.45) is 11.8 Å². The van der Waals surface area contributed by atoms with Gasteiger partial charge in [-0.2, -0.15) is 0 Å². The predicted molar refractivity (Wildman–Crippen MR) is 69.5 cm³/mol. The second kappa shape index (κ2) is 7.26. The van der Waals surface area contributed by atoms with Gasteiger partial charge in [0.25, 0.3) is 0 Å². The van der Waals surface area contributed by atoms with Crippen molar-refractivity contribution in [1.82, 2.24) is 10.6 Å². The highest BCUT2D eigenvalue weighted by atomic mass is 35.5. The van der Waals surface area contributed by atoms with Gasteiger partial charge in [0.1, 0.15) is 0 Å². The number of aliphatic carboxylic acids is 1. The molecule has 0 spiro atoms. The molecule has 0 aromatic heterocycles. The number of carboxylic acid groups (broad SMARTS) is 1. The van der Waals surface area contributed by atoms with Crippen LogP contribution in [-0.2, 0) is 4.79 Å². The Hall–Kier alpha value is -1.23. The lowest BCUT2D eigenvalue weighted by atomic mass is 9.79. The first-order valence-electron chi connectivity index (χ1n) is 6.08. The zero-order chi connectivity index (χ0) is 13.5. The normalized spacial score (nSPS) is 23.2. The summed E-state index contributed by atoms with van der Waals surface area (Å²) in [6.45, 7) is 4.05. The van der Waals surface area contributed by atoms with Crippen LogP contribution < -0.4 is 10.6 Å². The number of carbonyl (C=O) groups excluding carboxylic acids is 1. The molecule has 18 heavy (non-hydrogen) atoms. The van der Waals surface area contributed by atoms with E-state index in [0.29, 0.717) is 18.0 Å². The average Bonchev–Trinajstić information content (AvgIpc) is 2.34. The maximum atomic E-state index is 11.4. The zero-order valence-corrected chi connectivity index (χ0v) is 11.0. The lowest BCUT2D eigenvalue weighted by molar-refractivity contribution is -0.144. The summed E-state index contributed by atoms with van der Waals surface area (Å²) in [5.74, 6) is -1.10. The molecule has 0 saturated heterocycles. The van der Waals surface area contributed by atoms with Crippen LogP contribution in [0.1, 0.15) is 25.7 Å². The standard InChI is InChI=1S/C12H19ClN2O3/c1-8(13)6-14-12(18)15-7-9-4-2-3-5-10(9)11(16)17/h9-10H,1-7H2,(H,16,17)(H2,14,15,18). The number of rotatable bonds is 5. The summed E-state index contributed by atoms with van der Waals surface area (Å²) in [4.78, 5) is 22.5. The Bertz CT molecular complexity index is 333. The third kappa shape index (κ3) is 4.96. The van der Waals surface area contributed by atoms with E-state index in [1.807, 2.05) is 0 Å². The van der Waals surface area contributed by atoms with E-state index in [0.717, 1.165) is 19.3 Å². The summed E-state index contributed by atoms with van der Waals surface area (Å²) in [6.07, 6.45) is 3.52. The molecule has 0 heterocycles. The molecule has 0 aromatic carbocycles. The van der Waals surface area contributed by atoms with E-state index < -0.39 is 5.97 Å². The minimum atomic E-state index is -0.768. The molecule has 1 saturated carbocycles. The van der Waals surface area contributed by atoms with Gasteiger partial charge in [-0.15, -0.1) is 0 Å². The van der Waals surface area contributed by atoms with Gasteiger partial charge in [0.05, 0.1) is 12.5 Å². The number of urea groups is 1. The second-order valence-electron chi connectivity index (χ2n) is 4.57. The summed E-state index contributed by atoms with van der Waals surface area (Å²) < 4.78 is 0. The molecule has 1 aliphatic rings. The van der Waals surface area contributed by atoms with Gasteiger partial charge >= 0.3 is 12.0 Å². The molecule has 1 fully saturated rings. The first-order valence-corrected chi connectivity index (χ1v) is 6.46. The van der Waals surface area contributed by atoms with Gasteiger partial charge in [0.2, 0.25) is 0 Å². The van der Waals surface area contributed by atoms with Crippen molar-refractivity contribution in [2.75, 3.05) is 13.1 Å². The van der Waals surface area contributed by atoms with E-state index in [1.165, 1.54) is 0 Å². The van der Waals surface area contributed by atoms with Crippen molar-refractivity contribution < 1.29 is 14.7 Å². The lowest BCUT2D eigenvalue weighted by Crippen LogP contribution is -2.42. The Morgan fingerprint density at radius 2 is 1.94 bits per heavy atom. The minimum absolute atomic E-state index is 0.0150. The lowest BCUT2D eigenvalue weighted by Gasteiger charge is -2.28. The molecule has 2 amide bonds. The molecule has 2 unspecified atom stereocenters. The molecular formula is C12H19ClN2O3. The largest absolute Gasteiger partial charge is 0.481 e. The molecule has 0 aliphatic heterocycles. The third-order valence-electron chi connectivity index (χ3n) is 3.19. The van der Waals surface area contributed by atoms with Crippen LogP contribution >= 0.6 is 11.6 Å². The molecular weight excluding hydrogens is 256 g/mol. The number of nitrogens with one attached hydrogen (secondary N) is 2. The van der Waals surface area contributed by atoms with Gasteiger partial charge in [-0.25, -0.2) is 4.79 Å². The average molecular weight is 275 g/mol. The van der Waals surface area contributed by atoms with Crippen molar-refractivity contribution in [3.8, 4) is 0 Å². The fourth-order valence-corrected chi connectivity index (χ4v) is 2.31. The van der Waals surface area contributed by atoms with Gasteiger partial charge in [-0.1, -0.05) is 31.0 Å². The SMILES string of the molecule is C=C(Cl)CNC(=O)NCC1CCCCC1C(=O)O. The number of halogens is 1. The molecule has 1 aliphatic carbocycles. The van der Waals surface area contributed by atoms with E-state index in [9.17, 15) is 9.59 Å². The zero-order valence-electron chi connectivity index (χ0n) is 10.2. The van der Waals surface area contributed by atoms with E-state index in [-0.39, 0.29) is 24.4 Å². The van der Waals surface area contributed by atoms with Gasteiger partial charge in [0, 0.05) is 11.6 Å². The minimum Gasteiger partial charge on any atom is -0.481 e. The highest BCUT2D eigenvalue weighted by molar-refractivity contribution is 6.29. The number of carboxylic acids is 1. The second-order valence-corrected chi connectivity index (χ2v) is 5.10. The number of carbonyl (C=O) groups is 2. The van der Waals surface area contributed by atoms with Crippen molar-refractivity contribution >= 4 is 23.6 Å². The van der Waals surface area contributed by atoms with Gasteiger partial charge in [-0.05, 0) is 18.8 Å². The maximum Gasteiger partial charge on any atom is 0.315 e. The smallest absolute Gasteiger partial charge is 0.315 e. The van der Waals surface area contributed by atoms with Crippen LogP contribution in [-0.4, -0.2) is 30.2 Å². The number of hydrogen-bond donors (Lipinski definition) is 3. The topological polar surface area (TPSA) is 78.4 Å². The van der Waals surface area contributed by atoms with Crippen molar-refractivity contribution in [1.29, 1.82) is 0 Å². The highest BCUT2D eigenvalue weighted by Crippen LogP contribution is 2.29. The summed E-state index contributed by atoms with van der Waals surface area (Å²) >= 11 is 5.52. The highest BCUT2D eigenvalue weighted by Gasteiger charge is 2.30. The molecule has 102 valence electrons. The number of hydrogen-bond acceptors (Lipinski definition) is 2. The fraction of sp³-hybridized carbons (Fsp3) is 0.667. The van der Waals surface area contributed by atoms with Crippen LogP contribution in [0.2, 0.25) is 0 Å². The van der Waals surface area contributed by atoms with Crippen molar-refractivity contribution in [3.05, 3.63) is 11.6 Å². The van der Waals surface area contributed by atoms with Crippen LogP contribution in [0.25, 0.3) is 0 Å². The molecule has 0 bridgehead atoms.